The van der Waals surface area contributed by atoms with Gasteiger partial charge in [0.05, 0.1) is 17.9 Å². The van der Waals surface area contributed by atoms with Gasteiger partial charge in [0.25, 0.3) is 0 Å². The van der Waals surface area contributed by atoms with E-state index in [0.29, 0.717) is 0 Å². The van der Waals surface area contributed by atoms with Crippen LogP contribution in [-0.2, 0) is 0 Å². The zero-order valence-corrected chi connectivity index (χ0v) is 11.8. The van der Waals surface area contributed by atoms with E-state index >= 15 is 0 Å². The van der Waals surface area contributed by atoms with Gasteiger partial charge in [-0.3, -0.25) is 4.98 Å². The molecule has 0 aromatic carbocycles. The van der Waals surface area contributed by atoms with Crippen LogP contribution in [0.15, 0.2) is 18.3 Å². The van der Waals surface area contributed by atoms with Gasteiger partial charge in [0.1, 0.15) is 5.82 Å². The molecule has 0 saturated carbocycles. The number of hydrogen-bond acceptors (Lipinski definition) is 4. The minimum absolute atomic E-state index is 0.128. The summed E-state index contributed by atoms with van der Waals surface area (Å²) in [4.78, 5) is 6.42. The van der Waals surface area contributed by atoms with Gasteiger partial charge in [-0.05, 0) is 45.1 Å². The quantitative estimate of drug-likeness (QED) is 0.714. The average molecular weight is 269 g/mol. The third-order valence-electron chi connectivity index (χ3n) is 3.27. The van der Waals surface area contributed by atoms with Crippen LogP contribution in [0, 0.1) is 5.82 Å². The molecule has 0 bridgehead atoms. The minimum Gasteiger partial charge on any atom is -0.396 e. The molecule has 1 aromatic heterocycles. The normalized spacial score (nSPS) is 12.9. The van der Waals surface area contributed by atoms with E-state index < -0.39 is 0 Å². The number of rotatable bonds is 9. The number of hydrogen-bond donors (Lipinski definition) is 2. The zero-order valence-electron chi connectivity index (χ0n) is 11.8. The van der Waals surface area contributed by atoms with Gasteiger partial charge in [-0.1, -0.05) is 6.92 Å². The first-order valence-corrected chi connectivity index (χ1v) is 6.83. The molecule has 5 heteroatoms. The van der Waals surface area contributed by atoms with Crippen molar-refractivity contribution >= 4 is 0 Å². The van der Waals surface area contributed by atoms with Gasteiger partial charge in [0, 0.05) is 13.2 Å². The maximum atomic E-state index is 12.8. The fourth-order valence-electron chi connectivity index (χ4n) is 2.07. The van der Waals surface area contributed by atoms with Crippen LogP contribution in [0.1, 0.15) is 31.5 Å². The van der Waals surface area contributed by atoms with Gasteiger partial charge < -0.3 is 15.3 Å². The number of pyridine rings is 1. The van der Waals surface area contributed by atoms with Crippen LogP contribution >= 0.6 is 0 Å². The third-order valence-corrected chi connectivity index (χ3v) is 3.27. The molecule has 4 nitrogen and oxygen atoms in total. The van der Waals surface area contributed by atoms with E-state index in [4.69, 9.17) is 5.11 Å². The lowest BCUT2D eigenvalue weighted by Gasteiger charge is -2.23. The Labute approximate surface area is 114 Å². The van der Waals surface area contributed by atoms with Crippen molar-refractivity contribution in [3.05, 3.63) is 29.8 Å². The molecule has 0 amide bonds. The highest BCUT2D eigenvalue weighted by atomic mass is 19.1. The fourth-order valence-corrected chi connectivity index (χ4v) is 2.07. The standard InChI is InChI=1S/C14H24FN3O/c1-3-18(8-4-10-19)9-7-13(16-2)14-6-5-12(15)11-17-14/h5-6,11,13,16,19H,3-4,7-10H2,1-2H3. The second-order valence-electron chi connectivity index (χ2n) is 4.54. The molecule has 1 rings (SSSR count). The van der Waals surface area contributed by atoms with Crippen molar-refractivity contribution < 1.29 is 9.50 Å². The molecule has 0 aliphatic rings. The molecular formula is C14H24FN3O. The van der Waals surface area contributed by atoms with E-state index in [9.17, 15) is 4.39 Å². The number of aliphatic hydroxyl groups excluding tert-OH is 1. The smallest absolute Gasteiger partial charge is 0.141 e. The van der Waals surface area contributed by atoms with E-state index in [1.807, 2.05) is 7.05 Å². The summed E-state index contributed by atoms with van der Waals surface area (Å²) in [5, 5.41) is 12.1. The van der Waals surface area contributed by atoms with Crippen molar-refractivity contribution in [2.75, 3.05) is 33.3 Å². The molecule has 0 spiro atoms. The zero-order chi connectivity index (χ0) is 14.1. The second-order valence-corrected chi connectivity index (χ2v) is 4.54. The summed E-state index contributed by atoms with van der Waals surface area (Å²) in [6.45, 7) is 5.14. The molecule has 0 fully saturated rings. The van der Waals surface area contributed by atoms with Crippen LogP contribution in [0.4, 0.5) is 4.39 Å². The number of aliphatic hydroxyl groups is 1. The van der Waals surface area contributed by atoms with Crippen LogP contribution in [0.25, 0.3) is 0 Å². The molecule has 0 radical (unpaired) electrons. The van der Waals surface area contributed by atoms with Gasteiger partial charge in [0.15, 0.2) is 0 Å². The summed E-state index contributed by atoms with van der Waals surface area (Å²) in [7, 11) is 1.89. The first-order valence-electron chi connectivity index (χ1n) is 6.83. The molecule has 0 saturated heterocycles. The Morgan fingerprint density at radius 2 is 2.21 bits per heavy atom. The maximum absolute atomic E-state index is 12.8. The molecule has 1 unspecified atom stereocenters. The van der Waals surface area contributed by atoms with Gasteiger partial charge in [-0.2, -0.15) is 0 Å². The van der Waals surface area contributed by atoms with Crippen LogP contribution < -0.4 is 5.32 Å². The van der Waals surface area contributed by atoms with Crippen LogP contribution in [0.3, 0.4) is 0 Å². The predicted octanol–water partition coefficient (Wildman–Crippen LogP) is 1.58. The van der Waals surface area contributed by atoms with Crippen molar-refractivity contribution in [3.8, 4) is 0 Å². The first-order chi connectivity index (χ1) is 9.21. The summed E-state index contributed by atoms with van der Waals surface area (Å²) in [6.07, 6.45) is 2.96. The van der Waals surface area contributed by atoms with Gasteiger partial charge >= 0.3 is 0 Å². The highest BCUT2D eigenvalue weighted by molar-refractivity contribution is 5.09. The van der Waals surface area contributed by atoms with E-state index in [-0.39, 0.29) is 18.5 Å². The van der Waals surface area contributed by atoms with Crippen molar-refractivity contribution in [2.45, 2.75) is 25.8 Å². The van der Waals surface area contributed by atoms with Crippen LogP contribution in [0.2, 0.25) is 0 Å². The highest BCUT2D eigenvalue weighted by Gasteiger charge is 2.12. The Morgan fingerprint density at radius 3 is 2.74 bits per heavy atom. The summed E-state index contributed by atoms with van der Waals surface area (Å²) in [5.74, 6) is -0.309. The van der Waals surface area contributed by atoms with Crippen LogP contribution in [0.5, 0.6) is 0 Å². The van der Waals surface area contributed by atoms with E-state index in [1.165, 1.54) is 12.3 Å². The molecular weight excluding hydrogens is 245 g/mol. The van der Waals surface area contributed by atoms with Gasteiger partial charge in [-0.25, -0.2) is 4.39 Å². The van der Waals surface area contributed by atoms with Crippen molar-refractivity contribution in [1.82, 2.24) is 15.2 Å². The molecule has 1 heterocycles. The highest BCUT2D eigenvalue weighted by Crippen LogP contribution is 2.14. The van der Waals surface area contributed by atoms with Gasteiger partial charge in [-0.15, -0.1) is 0 Å². The lowest BCUT2D eigenvalue weighted by molar-refractivity contribution is 0.223. The Morgan fingerprint density at radius 1 is 1.42 bits per heavy atom. The lowest BCUT2D eigenvalue weighted by Crippen LogP contribution is -2.30. The third kappa shape index (κ3) is 5.63. The summed E-state index contributed by atoms with van der Waals surface area (Å²) >= 11 is 0. The molecule has 1 aromatic rings. The number of nitrogens with zero attached hydrogens (tertiary/aromatic N) is 2. The van der Waals surface area contributed by atoms with E-state index in [0.717, 1.165) is 38.2 Å². The van der Waals surface area contributed by atoms with Crippen molar-refractivity contribution in [2.24, 2.45) is 0 Å². The Bertz CT molecular complexity index is 345. The minimum atomic E-state index is -0.309. The number of aromatic nitrogens is 1. The van der Waals surface area contributed by atoms with Gasteiger partial charge in [0.2, 0.25) is 0 Å². The number of nitrogens with one attached hydrogen (secondary N) is 1. The second kappa shape index (κ2) is 8.96. The number of halogens is 1. The van der Waals surface area contributed by atoms with Crippen LogP contribution in [-0.4, -0.2) is 48.3 Å². The topological polar surface area (TPSA) is 48.4 Å². The largest absolute Gasteiger partial charge is 0.396 e. The van der Waals surface area contributed by atoms with Crippen molar-refractivity contribution in [3.63, 3.8) is 0 Å². The van der Waals surface area contributed by atoms with E-state index in [2.05, 4.69) is 22.1 Å². The first kappa shape index (κ1) is 16.0. The van der Waals surface area contributed by atoms with Crippen molar-refractivity contribution in [1.29, 1.82) is 0 Å². The molecule has 19 heavy (non-hydrogen) atoms. The SMILES string of the molecule is CCN(CCCO)CCC(NC)c1ccc(F)cn1. The summed E-state index contributed by atoms with van der Waals surface area (Å²) in [6, 6.07) is 3.29. The Hall–Kier alpha value is -1.04. The molecule has 2 N–H and O–H groups in total. The Balaban J connectivity index is 2.49. The Kier molecular flexibility index (Phi) is 7.55. The summed E-state index contributed by atoms with van der Waals surface area (Å²) < 4.78 is 12.8. The molecule has 108 valence electrons. The van der Waals surface area contributed by atoms with E-state index in [1.54, 1.807) is 6.07 Å². The molecule has 1 atom stereocenters. The molecule has 0 aliphatic heterocycles. The monoisotopic (exact) mass is 269 g/mol. The maximum Gasteiger partial charge on any atom is 0.141 e. The predicted molar refractivity (Wildman–Crippen MR) is 74.4 cm³/mol. The summed E-state index contributed by atoms with van der Waals surface area (Å²) in [5.41, 5.74) is 0.863. The average Bonchev–Trinajstić information content (AvgIpc) is 2.44. The fraction of sp³-hybridized carbons (Fsp3) is 0.643. The lowest BCUT2D eigenvalue weighted by atomic mass is 10.1. The molecule has 0 aliphatic carbocycles.